The smallest absolute Gasteiger partial charge is 0.250 e. The third-order valence-corrected chi connectivity index (χ3v) is 5.32. The maximum absolute atomic E-state index is 12.1. The number of thioether (sulfide) groups is 1. The van der Waals surface area contributed by atoms with Gasteiger partial charge in [-0.05, 0) is 37.3 Å². The van der Waals surface area contributed by atoms with Crippen molar-refractivity contribution in [2.45, 2.75) is 18.6 Å². The number of halogens is 1. The molecule has 0 radical (unpaired) electrons. The molecule has 1 heterocycles. The predicted molar refractivity (Wildman–Crippen MR) is 116 cm³/mol. The number of amides is 1. The van der Waals surface area contributed by atoms with Crippen molar-refractivity contribution < 1.29 is 9.53 Å². The van der Waals surface area contributed by atoms with Crippen molar-refractivity contribution in [2.75, 3.05) is 12.9 Å². The summed E-state index contributed by atoms with van der Waals surface area (Å²) in [6.07, 6.45) is 1.52. The molecular formula is C20H20ClN5O2S. The van der Waals surface area contributed by atoms with Crippen LogP contribution in [0.4, 0.5) is 0 Å². The SMILES string of the molecule is CCn1c(SCC(=O)N/N=C\c2ccccc2Cl)nnc1-c1ccc(OC)cc1. The number of hydrogen-bond acceptors (Lipinski definition) is 6. The second-order valence-electron chi connectivity index (χ2n) is 5.88. The fourth-order valence-corrected chi connectivity index (χ4v) is 3.53. The number of hydrazone groups is 1. The van der Waals surface area contributed by atoms with E-state index in [0.717, 1.165) is 22.7 Å². The van der Waals surface area contributed by atoms with Crippen molar-refractivity contribution in [2.24, 2.45) is 5.10 Å². The molecule has 0 saturated heterocycles. The largest absolute Gasteiger partial charge is 0.497 e. The third-order valence-electron chi connectivity index (χ3n) is 4.01. The van der Waals surface area contributed by atoms with E-state index >= 15 is 0 Å². The van der Waals surface area contributed by atoms with E-state index in [1.54, 1.807) is 13.2 Å². The topological polar surface area (TPSA) is 81.4 Å². The fourth-order valence-electron chi connectivity index (χ4n) is 2.55. The zero-order chi connectivity index (χ0) is 20.6. The highest BCUT2D eigenvalue weighted by atomic mass is 35.5. The number of carbonyl (C=O) groups excluding carboxylic acids is 1. The fraction of sp³-hybridized carbons (Fsp3) is 0.200. The molecular weight excluding hydrogens is 410 g/mol. The summed E-state index contributed by atoms with van der Waals surface area (Å²) >= 11 is 7.36. The third kappa shape index (κ3) is 5.36. The van der Waals surface area contributed by atoms with Crippen LogP contribution in [0.15, 0.2) is 58.8 Å². The molecule has 0 aliphatic rings. The number of methoxy groups -OCH3 is 1. The molecule has 0 spiro atoms. The van der Waals surface area contributed by atoms with Gasteiger partial charge in [0.05, 0.1) is 19.1 Å². The van der Waals surface area contributed by atoms with E-state index in [-0.39, 0.29) is 11.7 Å². The van der Waals surface area contributed by atoms with E-state index in [1.807, 2.05) is 54.0 Å². The summed E-state index contributed by atoms with van der Waals surface area (Å²) in [5, 5.41) is 13.7. The number of nitrogens with one attached hydrogen (secondary N) is 1. The molecule has 0 unspecified atom stereocenters. The lowest BCUT2D eigenvalue weighted by atomic mass is 10.2. The zero-order valence-electron chi connectivity index (χ0n) is 16.0. The first-order chi connectivity index (χ1) is 14.1. The minimum Gasteiger partial charge on any atom is -0.497 e. The number of hydrogen-bond donors (Lipinski definition) is 1. The zero-order valence-corrected chi connectivity index (χ0v) is 17.6. The highest BCUT2D eigenvalue weighted by molar-refractivity contribution is 7.99. The van der Waals surface area contributed by atoms with Crippen molar-refractivity contribution in [3.05, 3.63) is 59.1 Å². The molecule has 7 nitrogen and oxygen atoms in total. The molecule has 0 bridgehead atoms. The Kier molecular flexibility index (Phi) is 7.26. The molecule has 0 aliphatic carbocycles. The lowest BCUT2D eigenvalue weighted by Crippen LogP contribution is -2.20. The van der Waals surface area contributed by atoms with Crippen molar-refractivity contribution in [3.8, 4) is 17.1 Å². The average molecular weight is 430 g/mol. The van der Waals surface area contributed by atoms with Gasteiger partial charge in [-0.25, -0.2) is 5.43 Å². The number of benzene rings is 2. The minimum atomic E-state index is -0.241. The maximum atomic E-state index is 12.1. The highest BCUT2D eigenvalue weighted by Gasteiger charge is 2.14. The molecule has 1 amide bonds. The Bertz CT molecular complexity index is 1000. The van der Waals surface area contributed by atoms with E-state index in [2.05, 4.69) is 20.7 Å². The molecule has 3 rings (SSSR count). The van der Waals surface area contributed by atoms with Gasteiger partial charge in [-0.3, -0.25) is 4.79 Å². The van der Waals surface area contributed by atoms with Crippen molar-refractivity contribution >= 4 is 35.5 Å². The summed E-state index contributed by atoms with van der Waals surface area (Å²) in [5.41, 5.74) is 4.16. The quantitative estimate of drug-likeness (QED) is 0.334. The molecule has 2 aromatic carbocycles. The van der Waals surface area contributed by atoms with E-state index in [4.69, 9.17) is 16.3 Å². The lowest BCUT2D eigenvalue weighted by molar-refractivity contribution is -0.118. The minimum absolute atomic E-state index is 0.167. The van der Waals surface area contributed by atoms with E-state index in [1.165, 1.54) is 18.0 Å². The van der Waals surface area contributed by atoms with Crippen LogP contribution in [0.25, 0.3) is 11.4 Å². The van der Waals surface area contributed by atoms with Gasteiger partial charge < -0.3 is 9.30 Å². The van der Waals surface area contributed by atoms with E-state index in [9.17, 15) is 4.79 Å². The molecule has 0 atom stereocenters. The van der Waals surface area contributed by atoms with Crippen LogP contribution in [0.5, 0.6) is 5.75 Å². The summed E-state index contributed by atoms with van der Waals surface area (Å²) < 4.78 is 7.15. The van der Waals surface area contributed by atoms with Crippen molar-refractivity contribution in [1.82, 2.24) is 20.2 Å². The molecule has 29 heavy (non-hydrogen) atoms. The van der Waals surface area contributed by atoms with Crippen molar-refractivity contribution in [3.63, 3.8) is 0 Å². The molecule has 9 heteroatoms. The van der Waals surface area contributed by atoms with Gasteiger partial charge in [-0.15, -0.1) is 10.2 Å². The van der Waals surface area contributed by atoms with Gasteiger partial charge in [-0.1, -0.05) is 41.6 Å². The van der Waals surface area contributed by atoms with Crippen LogP contribution in [0, 0.1) is 0 Å². The molecule has 0 saturated carbocycles. The van der Waals surface area contributed by atoms with Gasteiger partial charge in [0.15, 0.2) is 11.0 Å². The molecule has 1 aromatic heterocycles. The Morgan fingerprint density at radius 2 is 2.00 bits per heavy atom. The normalized spacial score (nSPS) is 11.0. The van der Waals surface area contributed by atoms with Crippen LogP contribution >= 0.6 is 23.4 Å². The van der Waals surface area contributed by atoms with Gasteiger partial charge in [0.1, 0.15) is 5.75 Å². The van der Waals surface area contributed by atoms with Gasteiger partial charge in [-0.2, -0.15) is 5.10 Å². The number of ether oxygens (including phenoxy) is 1. The first-order valence-corrected chi connectivity index (χ1v) is 10.3. The van der Waals surface area contributed by atoms with Gasteiger partial charge in [0, 0.05) is 22.7 Å². The van der Waals surface area contributed by atoms with E-state index in [0.29, 0.717) is 16.7 Å². The van der Waals surface area contributed by atoms with Crippen LogP contribution in [0.2, 0.25) is 5.02 Å². The summed E-state index contributed by atoms with van der Waals surface area (Å²) in [6.45, 7) is 2.69. The van der Waals surface area contributed by atoms with E-state index < -0.39 is 0 Å². The molecule has 150 valence electrons. The Labute approximate surface area is 178 Å². The van der Waals surface area contributed by atoms with Gasteiger partial charge in [0.2, 0.25) is 0 Å². The standard InChI is InChI=1S/C20H20ClN5O2S/c1-3-26-19(14-8-10-16(28-2)11-9-14)24-25-20(26)29-13-18(27)23-22-12-15-6-4-5-7-17(15)21/h4-12H,3,13H2,1-2H3,(H,23,27)/b22-12-. The molecule has 3 aromatic rings. The predicted octanol–water partition coefficient (Wildman–Crippen LogP) is 3.87. The number of aromatic nitrogens is 3. The Morgan fingerprint density at radius 1 is 1.24 bits per heavy atom. The van der Waals surface area contributed by atoms with Crippen LogP contribution in [0.3, 0.4) is 0 Å². The van der Waals surface area contributed by atoms with Crippen LogP contribution in [-0.2, 0) is 11.3 Å². The summed E-state index contributed by atoms with van der Waals surface area (Å²) in [4.78, 5) is 12.1. The molecule has 0 fully saturated rings. The monoisotopic (exact) mass is 429 g/mol. The average Bonchev–Trinajstić information content (AvgIpc) is 3.16. The van der Waals surface area contributed by atoms with Crippen LogP contribution in [-0.4, -0.2) is 39.7 Å². The Morgan fingerprint density at radius 3 is 2.69 bits per heavy atom. The summed E-state index contributed by atoms with van der Waals surface area (Å²) in [7, 11) is 1.63. The second-order valence-corrected chi connectivity index (χ2v) is 7.23. The van der Waals surface area contributed by atoms with Crippen LogP contribution in [0.1, 0.15) is 12.5 Å². The number of nitrogens with zero attached hydrogens (tertiary/aromatic N) is 4. The van der Waals surface area contributed by atoms with Crippen LogP contribution < -0.4 is 10.2 Å². The molecule has 1 N–H and O–H groups in total. The van der Waals surface area contributed by atoms with Gasteiger partial charge >= 0.3 is 0 Å². The first kappa shape index (κ1) is 20.9. The molecule has 0 aliphatic heterocycles. The van der Waals surface area contributed by atoms with Gasteiger partial charge in [0.25, 0.3) is 5.91 Å². The number of rotatable bonds is 8. The second kappa shape index (κ2) is 10.1. The first-order valence-electron chi connectivity index (χ1n) is 8.89. The lowest BCUT2D eigenvalue weighted by Gasteiger charge is -2.07. The van der Waals surface area contributed by atoms with Crippen molar-refractivity contribution in [1.29, 1.82) is 0 Å². The summed E-state index contributed by atoms with van der Waals surface area (Å²) in [6, 6.07) is 14.9. The Balaban J connectivity index is 1.61. The maximum Gasteiger partial charge on any atom is 0.250 e. The number of carbonyl (C=O) groups is 1. The highest BCUT2D eigenvalue weighted by Crippen LogP contribution is 2.25. The summed E-state index contributed by atoms with van der Waals surface area (Å²) in [5.74, 6) is 1.45. The Hall–Kier alpha value is -2.84.